The van der Waals surface area contributed by atoms with Gasteiger partial charge in [-0.15, -0.1) is 0 Å². The maximum Gasteiger partial charge on any atom is 0.332 e. The largest absolute Gasteiger partial charge is 0.507 e. The van der Waals surface area contributed by atoms with Crippen molar-refractivity contribution in [1.29, 1.82) is 0 Å². The fourth-order valence-corrected chi connectivity index (χ4v) is 1.30. The van der Waals surface area contributed by atoms with Gasteiger partial charge in [0.15, 0.2) is 6.04 Å². The van der Waals surface area contributed by atoms with Crippen LogP contribution in [0.15, 0.2) is 29.3 Å². The molecule has 0 radical (unpaired) electrons. The fourth-order valence-electron chi connectivity index (χ4n) is 1.30. The number of para-hydroxylation sites is 1. The van der Waals surface area contributed by atoms with E-state index in [9.17, 15) is 9.90 Å². The van der Waals surface area contributed by atoms with Gasteiger partial charge in [-0.3, -0.25) is 0 Å². The quantitative estimate of drug-likeness (QED) is 0.745. The molecular weight excluding hydrogens is 198 g/mol. The van der Waals surface area contributed by atoms with E-state index in [1.165, 1.54) is 6.07 Å². The van der Waals surface area contributed by atoms with E-state index in [1.807, 2.05) is 0 Å². The highest BCUT2D eigenvalue weighted by molar-refractivity contribution is 5.99. The molecule has 5 nitrogen and oxygen atoms in total. The second-order valence-corrected chi connectivity index (χ2v) is 3.12. The first-order chi connectivity index (χ1) is 7.18. The average Bonchev–Trinajstić information content (AvgIpc) is 2.67. The van der Waals surface area contributed by atoms with Crippen LogP contribution in [0.3, 0.4) is 0 Å². The Kier molecular flexibility index (Phi) is 2.29. The van der Waals surface area contributed by atoms with Crippen molar-refractivity contribution in [2.24, 2.45) is 4.99 Å². The second kappa shape index (κ2) is 3.61. The zero-order chi connectivity index (χ0) is 10.8. The Morgan fingerprint density at radius 3 is 2.80 bits per heavy atom. The van der Waals surface area contributed by atoms with Crippen molar-refractivity contribution in [3.8, 4) is 5.75 Å². The summed E-state index contributed by atoms with van der Waals surface area (Å²) in [6.45, 7) is 0.0129. The number of phenolic OH excluding ortho intramolecular Hbond substituents is 1. The van der Waals surface area contributed by atoms with E-state index in [-0.39, 0.29) is 18.3 Å². The number of aliphatic carboxylic acids is 1. The Hall–Kier alpha value is -2.04. The first-order valence-corrected chi connectivity index (χ1v) is 4.40. The number of phenols is 1. The topological polar surface area (TPSA) is 79.1 Å². The van der Waals surface area contributed by atoms with Crippen LogP contribution in [-0.4, -0.2) is 34.7 Å². The molecule has 2 N–H and O–H groups in total. The monoisotopic (exact) mass is 207 g/mol. The molecule has 1 aliphatic rings. The van der Waals surface area contributed by atoms with E-state index in [2.05, 4.69) is 4.99 Å². The van der Waals surface area contributed by atoms with Crippen LogP contribution in [0.2, 0.25) is 0 Å². The summed E-state index contributed by atoms with van der Waals surface area (Å²) >= 11 is 0. The zero-order valence-corrected chi connectivity index (χ0v) is 7.75. The molecule has 0 bridgehead atoms. The van der Waals surface area contributed by atoms with Gasteiger partial charge in [0.25, 0.3) is 0 Å². The Morgan fingerprint density at radius 2 is 2.20 bits per heavy atom. The maximum absolute atomic E-state index is 10.6. The molecule has 0 spiro atoms. The van der Waals surface area contributed by atoms with Crippen LogP contribution in [0.4, 0.5) is 0 Å². The standard InChI is InChI=1S/C10H9NO4/c12-8-4-2-1-3-6(8)9-11-7(5-15-9)10(13)14/h1-4,7,12H,5H2,(H,13,14)/t7-/m1/s1. The Morgan fingerprint density at radius 1 is 1.47 bits per heavy atom. The molecule has 0 amide bonds. The zero-order valence-electron chi connectivity index (χ0n) is 7.75. The molecule has 0 fully saturated rings. The Bertz CT molecular complexity index is 427. The van der Waals surface area contributed by atoms with E-state index in [0.717, 1.165) is 0 Å². The third-order valence-corrected chi connectivity index (χ3v) is 2.07. The molecule has 0 aliphatic carbocycles. The number of ether oxygens (including phenoxy) is 1. The van der Waals surface area contributed by atoms with Gasteiger partial charge in [0.1, 0.15) is 12.4 Å². The predicted octanol–water partition coefficient (Wildman–Crippen LogP) is 0.622. The van der Waals surface area contributed by atoms with Crippen LogP contribution in [0.1, 0.15) is 5.56 Å². The Labute approximate surface area is 85.6 Å². The molecule has 0 saturated carbocycles. The van der Waals surface area contributed by atoms with E-state index in [0.29, 0.717) is 5.56 Å². The normalized spacial score (nSPS) is 19.5. The molecular formula is C10H9NO4. The number of rotatable bonds is 2. The summed E-state index contributed by atoms with van der Waals surface area (Å²) in [7, 11) is 0. The van der Waals surface area contributed by atoms with E-state index >= 15 is 0 Å². The van der Waals surface area contributed by atoms with Crippen molar-refractivity contribution >= 4 is 11.9 Å². The minimum atomic E-state index is -1.03. The highest BCUT2D eigenvalue weighted by Crippen LogP contribution is 2.20. The molecule has 1 aliphatic heterocycles. The third kappa shape index (κ3) is 1.76. The summed E-state index contributed by atoms with van der Waals surface area (Å²) in [4.78, 5) is 14.5. The molecule has 0 aromatic heterocycles. The van der Waals surface area contributed by atoms with Crippen LogP contribution in [-0.2, 0) is 9.53 Å². The third-order valence-electron chi connectivity index (χ3n) is 2.07. The highest BCUT2D eigenvalue weighted by atomic mass is 16.5. The first-order valence-electron chi connectivity index (χ1n) is 4.40. The number of nitrogens with zero attached hydrogens (tertiary/aromatic N) is 1. The van der Waals surface area contributed by atoms with Gasteiger partial charge in [-0.25, -0.2) is 9.79 Å². The van der Waals surface area contributed by atoms with E-state index in [1.54, 1.807) is 18.2 Å². The summed E-state index contributed by atoms with van der Waals surface area (Å²) in [6, 6.07) is 5.63. The summed E-state index contributed by atoms with van der Waals surface area (Å²) in [6.07, 6.45) is 0. The van der Waals surface area contributed by atoms with Crippen LogP contribution in [0.5, 0.6) is 5.75 Å². The summed E-state index contributed by atoms with van der Waals surface area (Å²) in [5.41, 5.74) is 0.418. The fraction of sp³-hybridized carbons (Fsp3) is 0.200. The van der Waals surface area contributed by atoms with Gasteiger partial charge in [-0.05, 0) is 12.1 Å². The molecule has 1 atom stereocenters. The van der Waals surface area contributed by atoms with Gasteiger partial charge >= 0.3 is 5.97 Å². The van der Waals surface area contributed by atoms with Crippen molar-refractivity contribution < 1.29 is 19.7 Å². The number of hydrogen-bond donors (Lipinski definition) is 2. The average molecular weight is 207 g/mol. The van der Waals surface area contributed by atoms with Crippen molar-refractivity contribution in [1.82, 2.24) is 0 Å². The van der Waals surface area contributed by atoms with Crippen molar-refractivity contribution in [2.45, 2.75) is 6.04 Å². The lowest BCUT2D eigenvalue weighted by molar-refractivity contribution is -0.138. The minimum absolute atomic E-state index is 0.0129. The number of carboxylic acids is 1. The van der Waals surface area contributed by atoms with Gasteiger partial charge in [0, 0.05) is 0 Å². The molecule has 78 valence electrons. The van der Waals surface area contributed by atoms with E-state index in [4.69, 9.17) is 9.84 Å². The molecule has 1 aromatic carbocycles. The van der Waals surface area contributed by atoms with Gasteiger partial charge < -0.3 is 14.9 Å². The van der Waals surface area contributed by atoms with Gasteiger partial charge in [0.05, 0.1) is 5.56 Å². The lowest BCUT2D eigenvalue weighted by atomic mass is 10.2. The summed E-state index contributed by atoms with van der Waals surface area (Å²) in [5.74, 6) is -0.816. The number of benzene rings is 1. The Balaban J connectivity index is 2.30. The molecule has 0 unspecified atom stereocenters. The molecule has 1 heterocycles. The van der Waals surface area contributed by atoms with Gasteiger partial charge in [-0.1, -0.05) is 12.1 Å². The smallest absolute Gasteiger partial charge is 0.332 e. The number of aromatic hydroxyl groups is 1. The van der Waals surface area contributed by atoms with Crippen LogP contribution >= 0.6 is 0 Å². The second-order valence-electron chi connectivity index (χ2n) is 3.12. The van der Waals surface area contributed by atoms with Crippen molar-refractivity contribution in [2.75, 3.05) is 6.61 Å². The lowest BCUT2D eigenvalue weighted by Crippen LogP contribution is -2.18. The molecule has 5 heteroatoms. The predicted molar refractivity (Wildman–Crippen MR) is 52.0 cm³/mol. The maximum atomic E-state index is 10.6. The molecule has 1 aromatic rings. The molecule has 15 heavy (non-hydrogen) atoms. The minimum Gasteiger partial charge on any atom is -0.507 e. The van der Waals surface area contributed by atoms with Crippen molar-refractivity contribution in [3.63, 3.8) is 0 Å². The van der Waals surface area contributed by atoms with Gasteiger partial charge in [0.2, 0.25) is 5.90 Å². The number of aliphatic imine (C=N–C) groups is 1. The van der Waals surface area contributed by atoms with Crippen LogP contribution < -0.4 is 0 Å². The van der Waals surface area contributed by atoms with Gasteiger partial charge in [-0.2, -0.15) is 0 Å². The molecule has 2 rings (SSSR count). The lowest BCUT2D eigenvalue weighted by Gasteiger charge is -2.02. The van der Waals surface area contributed by atoms with Crippen LogP contribution in [0.25, 0.3) is 0 Å². The summed E-state index contributed by atoms with van der Waals surface area (Å²) < 4.78 is 5.10. The highest BCUT2D eigenvalue weighted by Gasteiger charge is 2.26. The first kappa shape index (κ1) is 9.51. The van der Waals surface area contributed by atoms with Crippen molar-refractivity contribution in [3.05, 3.63) is 29.8 Å². The number of carbonyl (C=O) groups is 1. The molecule has 0 saturated heterocycles. The number of hydrogen-bond acceptors (Lipinski definition) is 4. The SMILES string of the molecule is O=C(O)[C@H]1COC(c2ccccc2O)=N1. The van der Waals surface area contributed by atoms with Crippen LogP contribution in [0, 0.1) is 0 Å². The summed E-state index contributed by atoms with van der Waals surface area (Å²) in [5, 5.41) is 18.2. The van der Waals surface area contributed by atoms with E-state index < -0.39 is 12.0 Å². The number of carboxylic acid groups (broad SMARTS) is 1.